The molecule has 0 fully saturated rings. The molecule has 0 radical (unpaired) electrons. The van der Waals surface area contributed by atoms with Gasteiger partial charge in [-0.05, 0) is 29.7 Å². The van der Waals surface area contributed by atoms with Gasteiger partial charge in [0.05, 0.1) is 6.42 Å². The van der Waals surface area contributed by atoms with Crippen LogP contribution in [-0.2, 0) is 33.8 Å². The van der Waals surface area contributed by atoms with Gasteiger partial charge in [0.2, 0.25) is 5.91 Å². The van der Waals surface area contributed by atoms with E-state index in [2.05, 4.69) is 0 Å². The number of imide groups is 1. The molecule has 0 atom stereocenters. The molecule has 1 aromatic heterocycles. The van der Waals surface area contributed by atoms with Crippen molar-refractivity contribution in [2.75, 3.05) is 6.54 Å². The molecule has 0 N–H and O–H groups in total. The van der Waals surface area contributed by atoms with Crippen LogP contribution in [0.25, 0.3) is 11.0 Å². The summed E-state index contributed by atoms with van der Waals surface area (Å²) in [5.74, 6) is -1.70. The minimum atomic E-state index is -0.734. The number of rotatable bonds is 5. The Bertz CT molecular complexity index is 1230. The molecule has 7 heteroatoms. The first kappa shape index (κ1) is 19.6. The molecule has 2 heterocycles. The van der Waals surface area contributed by atoms with Crippen LogP contribution in [0.1, 0.15) is 34.0 Å². The lowest BCUT2D eigenvalue weighted by atomic mass is 9.98. The standard InChI is InChI=1S/C23H19NO6/c1-2-14-7-8-17-16(11-21(26)30-19(17)9-14)13-29-22(27)12-24-20(25)10-15-5-3-4-6-18(15)23(24)28/h3-9,11H,2,10,12-13H2,1H3. The van der Waals surface area contributed by atoms with E-state index in [0.717, 1.165) is 16.9 Å². The third-order valence-electron chi connectivity index (χ3n) is 5.11. The number of carbonyl (C=O) groups excluding carboxylic acids is 3. The van der Waals surface area contributed by atoms with Crippen LogP contribution in [0.5, 0.6) is 0 Å². The van der Waals surface area contributed by atoms with Crippen molar-refractivity contribution in [2.45, 2.75) is 26.4 Å². The Kier molecular flexibility index (Phi) is 5.18. The van der Waals surface area contributed by atoms with Crippen molar-refractivity contribution < 1.29 is 23.5 Å². The molecule has 30 heavy (non-hydrogen) atoms. The molecule has 1 aliphatic heterocycles. The lowest BCUT2D eigenvalue weighted by molar-refractivity contribution is -0.149. The summed E-state index contributed by atoms with van der Waals surface area (Å²) in [5.41, 5.74) is 2.45. The van der Waals surface area contributed by atoms with Crippen molar-refractivity contribution >= 4 is 28.8 Å². The van der Waals surface area contributed by atoms with Gasteiger partial charge in [-0.2, -0.15) is 0 Å². The number of aryl methyl sites for hydroxylation is 1. The van der Waals surface area contributed by atoms with Gasteiger partial charge in [0.25, 0.3) is 5.91 Å². The summed E-state index contributed by atoms with van der Waals surface area (Å²) >= 11 is 0. The van der Waals surface area contributed by atoms with E-state index >= 15 is 0 Å². The highest BCUT2D eigenvalue weighted by Crippen LogP contribution is 2.21. The largest absolute Gasteiger partial charge is 0.459 e. The number of nitrogens with zero attached hydrogens (tertiary/aromatic N) is 1. The molecule has 0 saturated carbocycles. The summed E-state index contributed by atoms with van der Waals surface area (Å²) in [6.07, 6.45) is 0.846. The van der Waals surface area contributed by atoms with Crippen LogP contribution in [0.3, 0.4) is 0 Å². The SMILES string of the molecule is CCc1ccc2c(COC(=O)CN3C(=O)Cc4ccccc4C3=O)cc(=O)oc2c1. The first-order valence-corrected chi connectivity index (χ1v) is 9.60. The minimum absolute atomic E-state index is 0.0549. The van der Waals surface area contributed by atoms with Crippen molar-refractivity contribution in [1.29, 1.82) is 0 Å². The Morgan fingerprint density at radius 2 is 1.90 bits per heavy atom. The number of benzene rings is 2. The Morgan fingerprint density at radius 3 is 2.70 bits per heavy atom. The normalized spacial score (nSPS) is 13.4. The predicted molar refractivity (Wildman–Crippen MR) is 108 cm³/mol. The van der Waals surface area contributed by atoms with Gasteiger partial charge >= 0.3 is 11.6 Å². The highest BCUT2D eigenvalue weighted by Gasteiger charge is 2.32. The molecule has 1 aliphatic rings. The number of esters is 1. The van der Waals surface area contributed by atoms with E-state index in [1.54, 1.807) is 30.3 Å². The third kappa shape index (κ3) is 3.74. The van der Waals surface area contributed by atoms with E-state index in [4.69, 9.17) is 9.15 Å². The monoisotopic (exact) mass is 405 g/mol. The van der Waals surface area contributed by atoms with Gasteiger partial charge in [0.15, 0.2) is 0 Å². The quantitative estimate of drug-likeness (QED) is 0.368. The third-order valence-corrected chi connectivity index (χ3v) is 5.11. The number of carbonyl (C=O) groups is 3. The summed E-state index contributed by atoms with van der Waals surface area (Å²) in [6.45, 7) is 1.34. The van der Waals surface area contributed by atoms with Crippen LogP contribution in [0.2, 0.25) is 0 Å². The fourth-order valence-corrected chi connectivity index (χ4v) is 3.51. The van der Waals surface area contributed by atoms with E-state index in [0.29, 0.717) is 27.7 Å². The van der Waals surface area contributed by atoms with E-state index < -0.39 is 30.0 Å². The van der Waals surface area contributed by atoms with Crippen molar-refractivity contribution in [3.8, 4) is 0 Å². The van der Waals surface area contributed by atoms with Gasteiger partial charge in [-0.3, -0.25) is 19.3 Å². The Balaban J connectivity index is 1.49. The number of ether oxygens (including phenoxy) is 1. The second-order valence-corrected chi connectivity index (χ2v) is 7.05. The number of amides is 2. The zero-order valence-electron chi connectivity index (χ0n) is 16.3. The van der Waals surface area contributed by atoms with Gasteiger partial charge in [-0.15, -0.1) is 0 Å². The van der Waals surface area contributed by atoms with Crippen molar-refractivity contribution in [3.63, 3.8) is 0 Å². The molecule has 0 spiro atoms. The summed E-state index contributed by atoms with van der Waals surface area (Å²) in [6, 6.07) is 13.6. The molecule has 0 bridgehead atoms. The molecular formula is C23H19NO6. The molecule has 4 rings (SSSR count). The Hall–Kier alpha value is -3.74. The molecular weight excluding hydrogens is 386 g/mol. The lowest BCUT2D eigenvalue weighted by Gasteiger charge is -2.25. The van der Waals surface area contributed by atoms with Gasteiger partial charge in [0, 0.05) is 22.6 Å². The van der Waals surface area contributed by atoms with Crippen LogP contribution in [0.15, 0.2) is 57.7 Å². The zero-order chi connectivity index (χ0) is 21.3. The summed E-state index contributed by atoms with van der Waals surface area (Å²) in [4.78, 5) is 50.0. The van der Waals surface area contributed by atoms with Crippen LogP contribution in [0, 0.1) is 0 Å². The molecule has 0 saturated heterocycles. The lowest BCUT2D eigenvalue weighted by Crippen LogP contribution is -2.45. The molecule has 2 aromatic carbocycles. The summed E-state index contributed by atoms with van der Waals surface area (Å²) in [7, 11) is 0. The minimum Gasteiger partial charge on any atom is -0.459 e. The van der Waals surface area contributed by atoms with Crippen LogP contribution >= 0.6 is 0 Å². The van der Waals surface area contributed by atoms with E-state index in [9.17, 15) is 19.2 Å². The first-order chi connectivity index (χ1) is 14.5. The van der Waals surface area contributed by atoms with Crippen molar-refractivity contribution in [2.24, 2.45) is 0 Å². The fraction of sp³-hybridized carbons (Fsp3) is 0.217. The molecule has 7 nitrogen and oxygen atoms in total. The van der Waals surface area contributed by atoms with Gasteiger partial charge < -0.3 is 9.15 Å². The number of hydrogen-bond acceptors (Lipinski definition) is 6. The van der Waals surface area contributed by atoms with Crippen LogP contribution in [-0.4, -0.2) is 29.2 Å². The molecule has 2 amide bonds. The number of fused-ring (bicyclic) bond motifs is 2. The number of hydrogen-bond donors (Lipinski definition) is 0. The molecule has 0 unspecified atom stereocenters. The van der Waals surface area contributed by atoms with Crippen molar-refractivity contribution in [1.82, 2.24) is 4.90 Å². The van der Waals surface area contributed by atoms with E-state index in [-0.39, 0.29) is 13.0 Å². The zero-order valence-corrected chi connectivity index (χ0v) is 16.3. The Labute approximate surface area is 171 Å². The maximum Gasteiger partial charge on any atom is 0.336 e. The first-order valence-electron chi connectivity index (χ1n) is 9.60. The van der Waals surface area contributed by atoms with Crippen LogP contribution < -0.4 is 5.63 Å². The predicted octanol–water partition coefficient (Wildman–Crippen LogP) is 2.62. The summed E-state index contributed by atoms with van der Waals surface area (Å²) < 4.78 is 10.5. The highest BCUT2D eigenvalue weighted by atomic mass is 16.5. The van der Waals surface area contributed by atoms with Gasteiger partial charge in [0.1, 0.15) is 18.7 Å². The molecule has 152 valence electrons. The van der Waals surface area contributed by atoms with Gasteiger partial charge in [-0.25, -0.2) is 4.79 Å². The van der Waals surface area contributed by atoms with E-state index in [1.807, 2.05) is 19.1 Å². The average Bonchev–Trinajstić information content (AvgIpc) is 2.74. The average molecular weight is 405 g/mol. The van der Waals surface area contributed by atoms with Gasteiger partial charge in [-0.1, -0.05) is 37.3 Å². The van der Waals surface area contributed by atoms with Crippen molar-refractivity contribution in [3.05, 3.63) is 81.2 Å². The maximum absolute atomic E-state index is 12.6. The van der Waals surface area contributed by atoms with Crippen LogP contribution in [0.4, 0.5) is 0 Å². The summed E-state index contributed by atoms with van der Waals surface area (Å²) in [5, 5.41) is 0.665. The molecule has 0 aliphatic carbocycles. The fourth-order valence-electron chi connectivity index (χ4n) is 3.51. The second-order valence-electron chi connectivity index (χ2n) is 7.05. The smallest absolute Gasteiger partial charge is 0.336 e. The topological polar surface area (TPSA) is 93.9 Å². The molecule has 3 aromatic rings. The second kappa shape index (κ2) is 7.94. The van der Waals surface area contributed by atoms with E-state index in [1.165, 1.54) is 6.07 Å². The highest BCUT2D eigenvalue weighted by molar-refractivity contribution is 6.11. The Morgan fingerprint density at radius 1 is 1.10 bits per heavy atom. The maximum atomic E-state index is 12.6.